The average Bonchev–Trinajstić information content (AvgIpc) is 2.91. The molecule has 0 bridgehead atoms. The van der Waals surface area contributed by atoms with Crippen LogP contribution in [0.3, 0.4) is 0 Å². The van der Waals surface area contributed by atoms with Crippen LogP contribution in [0.25, 0.3) is 22.6 Å². The van der Waals surface area contributed by atoms with Gasteiger partial charge in [0.1, 0.15) is 5.52 Å². The summed E-state index contributed by atoms with van der Waals surface area (Å²) in [6, 6.07) is 11.0. The molecule has 2 aromatic carbocycles. The highest BCUT2D eigenvalue weighted by molar-refractivity contribution is 7.80. The molecule has 0 radical (unpaired) electrons. The number of hydrogen-bond donors (Lipinski definition) is 2. The molecule has 0 aliphatic carbocycles. The summed E-state index contributed by atoms with van der Waals surface area (Å²) >= 11 is 11.3. The Labute approximate surface area is 149 Å². The molecule has 0 aliphatic heterocycles. The highest BCUT2D eigenvalue weighted by atomic mass is 35.5. The molecule has 122 valence electrons. The molecule has 0 saturated carbocycles. The zero-order valence-corrected chi connectivity index (χ0v) is 14.6. The molecule has 5 nitrogen and oxygen atoms in total. The normalized spacial score (nSPS) is 10.6. The number of halogens is 1. The van der Waals surface area contributed by atoms with Crippen molar-refractivity contribution in [3.8, 4) is 11.5 Å². The molecule has 1 aromatic heterocycles. The molecular weight excluding hydrogens is 346 g/mol. The van der Waals surface area contributed by atoms with Crippen molar-refractivity contribution in [2.45, 2.75) is 13.8 Å². The second-order valence-corrected chi connectivity index (χ2v) is 6.14. The highest BCUT2D eigenvalue weighted by Crippen LogP contribution is 2.32. The van der Waals surface area contributed by atoms with Gasteiger partial charge < -0.3 is 15.1 Å². The molecule has 2 N–H and O–H groups in total. The number of oxazole rings is 1. The summed E-state index contributed by atoms with van der Waals surface area (Å²) < 4.78 is 5.81. The van der Waals surface area contributed by atoms with Gasteiger partial charge in [-0.15, -0.1) is 0 Å². The summed E-state index contributed by atoms with van der Waals surface area (Å²) in [4.78, 5) is 15.5. The number of anilines is 1. The van der Waals surface area contributed by atoms with Gasteiger partial charge in [0.05, 0.1) is 10.6 Å². The standard InChI is InChI=1S/C17H14ClN3O2S/c1-9-3-6-14-15(7-9)23-16(21-14)12-8-11(4-5-13(12)18)20-17(24)19-10(2)22/h3-8H,1-2H3,(H2,19,20,22,24). The molecular formula is C17H14ClN3O2S. The van der Waals surface area contributed by atoms with Gasteiger partial charge in [-0.05, 0) is 55.0 Å². The molecule has 0 fully saturated rings. The van der Waals surface area contributed by atoms with E-state index in [1.807, 2.05) is 25.1 Å². The molecule has 1 heterocycles. The number of aryl methyl sites for hydroxylation is 1. The van der Waals surface area contributed by atoms with E-state index >= 15 is 0 Å². The van der Waals surface area contributed by atoms with E-state index in [-0.39, 0.29) is 11.0 Å². The maximum absolute atomic E-state index is 11.0. The van der Waals surface area contributed by atoms with Crippen molar-refractivity contribution < 1.29 is 9.21 Å². The van der Waals surface area contributed by atoms with E-state index < -0.39 is 0 Å². The van der Waals surface area contributed by atoms with Crippen LogP contribution < -0.4 is 10.6 Å². The quantitative estimate of drug-likeness (QED) is 0.668. The monoisotopic (exact) mass is 359 g/mol. The molecule has 3 rings (SSSR count). The fourth-order valence-corrected chi connectivity index (χ4v) is 2.70. The van der Waals surface area contributed by atoms with E-state index in [2.05, 4.69) is 15.6 Å². The number of hydrogen-bond acceptors (Lipinski definition) is 4. The smallest absolute Gasteiger partial charge is 0.228 e. The minimum Gasteiger partial charge on any atom is -0.436 e. The lowest BCUT2D eigenvalue weighted by molar-refractivity contribution is -0.117. The third-order valence-corrected chi connectivity index (χ3v) is 3.82. The Bertz CT molecular complexity index is 952. The SMILES string of the molecule is CC(=O)NC(=S)Nc1ccc(Cl)c(-c2nc3ccc(C)cc3o2)c1. The van der Waals surface area contributed by atoms with E-state index in [9.17, 15) is 4.79 Å². The van der Waals surface area contributed by atoms with Gasteiger partial charge in [0.15, 0.2) is 10.7 Å². The number of nitrogens with zero attached hydrogens (tertiary/aromatic N) is 1. The Hall–Kier alpha value is -2.44. The summed E-state index contributed by atoms with van der Waals surface area (Å²) in [5.74, 6) is 0.186. The van der Waals surface area contributed by atoms with Crippen LogP contribution >= 0.6 is 23.8 Å². The molecule has 0 spiro atoms. The van der Waals surface area contributed by atoms with E-state index in [0.717, 1.165) is 11.1 Å². The number of nitrogens with one attached hydrogen (secondary N) is 2. The van der Waals surface area contributed by atoms with Gasteiger partial charge in [-0.25, -0.2) is 4.98 Å². The van der Waals surface area contributed by atoms with Crippen LogP contribution in [-0.4, -0.2) is 16.0 Å². The Kier molecular flexibility index (Phi) is 4.51. The van der Waals surface area contributed by atoms with E-state index in [1.165, 1.54) is 6.92 Å². The van der Waals surface area contributed by atoms with E-state index in [1.54, 1.807) is 18.2 Å². The van der Waals surface area contributed by atoms with Gasteiger partial charge in [0.2, 0.25) is 11.8 Å². The summed E-state index contributed by atoms with van der Waals surface area (Å²) in [6.07, 6.45) is 0. The molecule has 0 atom stereocenters. The Morgan fingerprint density at radius 1 is 1.25 bits per heavy atom. The maximum Gasteiger partial charge on any atom is 0.228 e. The lowest BCUT2D eigenvalue weighted by atomic mass is 10.2. The maximum atomic E-state index is 11.0. The topological polar surface area (TPSA) is 67.2 Å². The number of carbonyl (C=O) groups is 1. The van der Waals surface area contributed by atoms with Crippen LogP contribution in [0.4, 0.5) is 5.69 Å². The van der Waals surface area contributed by atoms with Gasteiger partial charge in [0.25, 0.3) is 0 Å². The average molecular weight is 360 g/mol. The van der Waals surface area contributed by atoms with Gasteiger partial charge in [-0.1, -0.05) is 17.7 Å². The van der Waals surface area contributed by atoms with Crippen molar-refractivity contribution in [3.05, 3.63) is 47.0 Å². The summed E-state index contributed by atoms with van der Waals surface area (Å²) in [5.41, 5.74) is 3.87. The first-order valence-corrected chi connectivity index (χ1v) is 7.96. The zero-order chi connectivity index (χ0) is 17.3. The largest absolute Gasteiger partial charge is 0.436 e. The number of benzene rings is 2. The Balaban J connectivity index is 1.95. The van der Waals surface area contributed by atoms with Crippen molar-refractivity contribution in [2.75, 3.05) is 5.32 Å². The van der Waals surface area contributed by atoms with Crippen LogP contribution in [0, 0.1) is 6.92 Å². The molecule has 0 unspecified atom stereocenters. The molecule has 1 amide bonds. The van der Waals surface area contributed by atoms with Crippen LogP contribution in [0.15, 0.2) is 40.8 Å². The Morgan fingerprint density at radius 3 is 2.79 bits per heavy atom. The van der Waals surface area contributed by atoms with Gasteiger partial charge in [-0.2, -0.15) is 0 Å². The molecule has 3 aromatic rings. The van der Waals surface area contributed by atoms with Gasteiger partial charge in [-0.3, -0.25) is 4.79 Å². The van der Waals surface area contributed by atoms with Crippen LogP contribution in [0.2, 0.25) is 5.02 Å². The number of aromatic nitrogens is 1. The lowest BCUT2D eigenvalue weighted by Gasteiger charge is -2.09. The predicted molar refractivity (Wildman–Crippen MR) is 99.2 cm³/mol. The van der Waals surface area contributed by atoms with Crippen molar-refractivity contribution in [2.24, 2.45) is 0 Å². The first-order valence-electron chi connectivity index (χ1n) is 7.18. The van der Waals surface area contributed by atoms with Crippen LogP contribution in [-0.2, 0) is 4.79 Å². The van der Waals surface area contributed by atoms with Crippen molar-refractivity contribution in [3.63, 3.8) is 0 Å². The first-order chi connectivity index (χ1) is 11.4. The first kappa shape index (κ1) is 16.4. The van der Waals surface area contributed by atoms with Crippen molar-refractivity contribution in [1.29, 1.82) is 0 Å². The third kappa shape index (κ3) is 3.55. The molecule has 7 heteroatoms. The minimum atomic E-state index is -0.240. The molecule has 0 aliphatic rings. The van der Waals surface area contributed by atoms with E-state index in [4.69, 9.17) is 28.2 Å². The number of thiocarbonyl (C=S) groups is 1. The van der Waals surface area contributed by atoms with Gasteiger partial charge >= 0.3 is 0 Å². The fourth-order valence-electron chi connectivity index (χ4n) is 2.24. The number of carbonyl (C=O) groups excluding carboxylic acids is 1. The lowest BCUT2D eigenvalue weighted by Crippen LogP contribution is -2.32. The fraction of sp³-hybridized carbons (Fsp3) is 0.118. The molecule has 24 heavy (non-hydrogen) atoms. The van der Waals surface area contributed by atoms with Crippen molar-refractivity contribution >= 4 is 51.6 Å². The van der Waals surface area contributed by atoms with Crippen molar-refractivity contribution in [1.82, 2.24) is 10.3 Å². The number of rotatable bonds is 2. The Morgan fingerprint density at radius 2 is 2.04 bits per heavy atom. The second kappa shape index (κ2) is 6.59. The zero-order valence-electron chi connectivity index (χ0n) is 13.0. The number of amides is 1. The van der Waals surface area contributed by atoms with Crippen LogP contribution in [0.1, 0.15) is 12.5 Å². The van der Waals surface area contributed by atoms with Crippen LogP contribution in [0.5, 0.6) is 0 Å². The minimum absolute atomic E-state index is 0.212. The summed E-state index contributed by atoms with van der Waals surface area (Å²) in [6.45, 7) is 3.38. The summed E-state index contributed by atoms with van der Waals surface area (Å²) in [5, 5.41) is 6.15. The van der Waals surface area contributed by atoms with E-state index in [0.29, 0.717) is 27.7 Å². The highest BCUT2D eigenvalue weighted by Gasteiger charge is 2.13. The number of fused-ring (bicyclic) bond motifs is 1. The second-order valence-electron chi connectivity index (χ2n) is 5.32. The summed E-state index contributed by atoms with van der Waals surface area (Å²) in [7, 11) is 0. The molecule has 0 saturated heterocycles. The van der Waals surface area contributed by atoms with Gasteiger partial charge in [0, 0.05) is 12.6 Å². The third-order valence-electron chi connectivity index (χ3n) is 3.29. The predicted octanol–water partition coefficient (Wildman–Crippen LogP) is 4.29.